The summed E-state index contributed by atoms with van der Waals surface area (Å²) in [6.45, 7) is 3.38. The van der Waals surface area contributed by atoms with Crippen molar-refractivity contribution in [1.29, 1.82) is 0 Å². The Morgan fingerprint density at radius 2 is 2.25 bits per heavy atom. The maximum Gasteiger partial charge on any atom is 0.0287 e. The van der Waals surface area contributed by atoms with Crippen LogP contribution in [0.2, 0.25) is 0 Å². The van der Waals surface area contributed by atoms with Gasteiger partial charge in [-0.25, -0.2) is 0 Å². The molecule has 12 heavy (non-hydrogen) atoms. The summed E-state index contributed by atoms with van der Waals surface area (Å²) in [4.78, 5) is 0. The van der Waals surface area contributed by atoms with Crippen molar-refractivity contribution in [2.45, 2.75) is 51.0 Å². The molecule has 0 bridgehead atoms. The summed E-state index contributed by atoms with van der Waals surface area (Å²) < 4.78 is 0. The number of hydrogen-bond acceptors (Lipinski definition) is 1. The summed E-state index contributed by atoms with van der Waals surface area (Å²) >= 11 is 0. The summed E-state index contributed by atoms with van der Waals surface area (Å²) in [5.74, 6) is 2.79. The molecular weight excluding hydrogens is 146 g/mol. The molecule has 1 aliphatic rings. The van der Waals surface area contributed by atoms with Gasteiger partial charge in [-0.3, -0.25) is 0 Å². The van der Waals surface area contributed by atoms with Crippen LogP contribution in [0.4, 0.5) is 0 Å². The van der Waals surface area contributed by atoms with E-state index in [9.17, 15) is 0 Å². The highest BCUT2D eigenvalue weighted by molar-refractivity contribution is 5.00. The SMILES string of the molecule is C#CCC1(CC)CCCCCN1. The van der Waals surface area contributed by atoms with Gasteiger partial charge in [-0.05, 0) is 25.8 Å². The highest BCUT2D eigenvalue weighted by Crippen LogP contribution is 2.25. The van der Waals surface area contributed by atoms with Crippen LogP contribution in [0.15, 0.2) is 0 Å². The number of rotatable bonds is 2. The lowest BCUT2D eigenvalue weighted by Gasteiger charge is -2.30. The minimum absolute atomic E-state index is 0.269. The van der Waals surface area contributed by atoms with Crippen molar-refractivity contribution in [3.05, 3.63) is 0 Å². The van der Waals surface area contributed by atoms with Gasteiger partial charge >= 0.3 is 0 Å². The molecule has 1 aliphatic heterocycles. The first-order chi connectivity index (χ1) is 5.83. The van der Waals surface area contributed by atoms with Gasteiger partial charge in [-0.2, -0.15) is 0 Å². The van der Waals surface area contributed by atoms with E-state index in [1.807, 2.05) is 0 Å². The molecule has 0 radical (unpaired) electrons. The van der Waals surface area contributed by atoms with Gasteiger partial charge in [0.1, 0.15) is 0 Å². The molecule has 1 rings (SSSR count). The Labute approximate surface area is 75.9 Å². The van der Waals surface area contributed by atoms with Crippen LogP contribution in [-0.2, 0) is 0 Å². The van der Waals surface area contributed by atoms with E-state index in [-0.39, 0.29) is 5.54 Å². The first kappa shape index (κ1) is 9.61. The van der Waals surface area contributed by atoms with Gasteiger partial charge in [0.25, 0.3) is 0 Å². The summed E-state index contributed by atoms with van der Waals surface area (Å²) in [5.41, 5.74) is 0.269. The van der Waals surface area contributed by atoms with Crippen molar-refractivity contribution in [1.82, 2.24) is 5.32 Å². The third-order valence-electron chi connectivity index (χ3n) is 2.95. The van der Waals surface area contributed by atoms with E-state index < -0.39 is 0 Å². The van der Waals surface area contributed by atoms with Crippen molar-refractivity contribution in [2.75, 3.05) is 6.54 Å². The van der Waals surface area contributed by atoms with Crippen LogP contribution < -0.4 is 5.32 Å². The highest BCUT2D eigenvalue weighted by atomic mass is 15.0. The van der Waals surface area contributed by atoms with Crippen LogP contribution in [0, 0.1) is 12.3 Å². The van der Waals surface area contributed by atoms with Crippen LogP contribution in [-0.4, -0.2) is 12.1 Å². The lowest BCUT2D eigenvalue weighted by atomic mass is 9.87. The second kappa shape index (κ2) is 4.52. The van der Waals surface area contributed by atoms with Crippen molar-refractivity contribution in [3.63, 3.8) is 0 Å². The maximum absolute atomic E-state index is 5.38. The van der Waals surface area contributed by atoms with Crippen LogP contribution in [0.5, 0.6) is 0 Å². The van der Waals surface area contributed by atoms with Gasteiger partial charge in [0, 0.05) is 12.0 Å². The lowest BCUT2D eigenvalue weighted by Crippen LogP contribution is -2.43. The van der Waals surface area contributed by atoms with E-state index in [1.165, 1.54) is 25.7 Å². The van der Waals surface area contributed by atoms with E-state index in [4.69, 9.17) is 6.42 Å². The standard InChI is InChI=1S/C11H19N/c1-3-8-11(4-2)9-6-5-7-10-12-11/h1,12H,4-10H2,2H3. The topological polar surface area (TPSA) is 12.0 Å². The van der Waals surface area contributed by atoms with E-state index in [0.29, 0.717) is 0 Å². The Bertz CT molecular complexity index is 158. The zero-order chi connectivity index (χ0) is 8.86. The monoisotopic (exact) mass is 165 g/mol. The molecule has 0 spiro atoms. The molecule has 68 valence electrons. The Hall–Kier alpha value is -0.480. The maximum atomic E-state index is 5.38. The normalized spacial score (nSPS) is 30.7. The molecule has 1 heteroatoms. The predicted octanol–water partition coefficient (Wildman–Crippen LogP) is 2.32. The van der Waals surface area contributed by atoms with Crippen molar-refractivity contribution in [3.8, 4) is 12.3 Å². The van der Waals surface area contributed by atoms with Gasteiger partial charge in [-0.1, -0.05) is 19.8 Å². The predicted molar refractivity (Wildman–Crippen MR) is 52.9 cm³/mol. The number of terminal acetylenes is 1. The summed E-state index contributed by atoms with van der Waals surface area (Å²) in [7, 11) is 0. The Morgan fingerprint density at radius 1 is 1.42 bits per heavy atom. The van der Waals surface area contributed by atoms with Gasteiger partial charge in [0.15, 0.2) is 0 Å². The first-order valence-corrected chi connectivity index (χ1v) is 5.01. The van der Waals surface area contributed by atoms with E-state index in [1.54, 1.807) is 0 Å². The average molecular weight is 165 g/mol. The molecule has 1 saturated heterocycles. The average Bonchev–Trinajstić information content (AvgIpc) is 2.32. The molecule has 1 N–H and O–H groups in total. The smallest absolute Gasteiger partial charge is 0.0287 e. The van der Waals surface area contributed by atoms with Gasteiger partial charge in [0.2, 0.25) is 0 Å². The van der Waals surface area contributed by atoms with Crippen molar-refractivity contribution in [2.24, 2.45) is 0 Å². The fraction of sp³-hybridized carbons (Fsp3) is 0.818. The van der Waals surface area contributed by atoms with Crippen molar-refractivity contribution < 1.29 is 0 Å². The van der Waals surface area contributed by atoms with Crippen LogP contribution in [0.3, 0.4) is 0 Å². The summed E-state index contributed by atoms with van der Waals surface area (Å²) in [6.07, 6.45) is 12.7. The summed E-state index contributed by atoms with van der Waals surface area (Å²) in [6, 6.07) is 0. The minimum atomic E-state index is 0.269. The zero-order valence-electron chi connectivity index (χ0n) is 8.03. The van der Waals surface area contributed by atoms with E-state index >= 15 is 0 Å². The minimum Gasteiger partial charge on any atom is -0.310 e. The number of hydrogen-bond donors (Lipinski definition) is 1. The molecule has 0 aliphatic carbocycles. The molecule has 0 saturated carbocycles. The number of nitrogens with one attached hydrogen (secondary N) is 1. The molecule has 1 unspecified atom stereocenters. The second-order valence-corrected chi connectivity index (χ2v) is 3.75. The Morgan fingerprint density at radius 3 is 2.92 bits per heavy atom. The van der Waals surface area contributed by atoms with Crippen LogP contribution >= 0.6 is 0 Å². The van der Waals surface area contributed by atoms with Gasteiger partial charge in [0.05, 0.1) is 0 Å². The lowest BCUT2D eigenvalue weighted by molar-refractivity contribution is 0.312. The fourth-order valence-electron chi connectivity index (χ4n) is 1.98. The Kier molecular flexibility index (Phi) is 3.62. The molecule has 0 aromatic heterocycles. The van der Waals surface area contributed by atoms with E-state index in [2.05, 4.69) is 18.2 Å². The Balaban J connectivity index is 2.56. The van der Waals surface area contributed by atoms with Crippen molar-refractivity contribution >= 4 is 0 Å². The second-order valence-electron chi connectivity index (χ2n) is 3.75. The molecule has 1 nitrogen and oxygen atoms in total. The highest BCUT2D eigenvalue weighted by Gasteiger charge is 2.27. The quantitative estimate of drug-likeness (QED) is 0.619. The zero-order valence-corrected chi connectivity index (χ0v) is 8.03. The third-order valence-corrected chi connectivity index (χ3v) is 2.95. The molecule has 1 atom stereocenters. The molecule has 1 fully saturated rings. The fourth-order valence-corrected chi connectivity index (χ4v) is 1.98. The van der Waals surface area contributed by atoms with Gasteiger partial charge < -0.3 is 5.32 Å². The molecule has 1 heterocycles. The summed E-state index contributed by atoms with van der Waals surface area (Å²) in [5, 5.41) is 3.60. The van der Waals surface area contributed by atoms with Gasteiger partial charge in [-0.15, -0.1) is 12.3 Å². The largest absolute Gasteiger partial charge is 0.310 e. The van der Waals surface area contributed by atoms with Crippen LogP contribution in [0.1, 0.15) is 45.4 Å². The van der Waals surface area contributed by atoms with Crippen LogP contribution in [0.25, 0.3) is 0 Å². The van der Waals surface area contributed by atoms with E-state index in [0.717, 1.165) is 19.4 Å². The molecule has 0 aromatic carbocycles. The first-order valence-electron chi connectivity index (χ1n) is 5.01. The third kappa shape index (κ3) is 2.25. The molecule has 0 aromatic rings. The molecular formula is C11H19N. The molecule has 0 amide bonds.